The van der Waals surface area contributed by atoms with Crippen LogP contribution in [0.15, 0.2) is 18.3 Å². The predicted octanol–water partition coefficient (Wildman–Crippen LogP) is 1.86. The molecule has 0 N–H and O–H groups in total. The average Bonchev–Trinajstić information content (AvgIpc) is 3.09. The maximum absolute atomic E-state index is 12.4. The topological polar surface area (TPSA) is 53.5 Å². The van der Waals surface area contributed by atoms with E-state index in [-0.39, 0.29) is 11.8 Å². The Kier molecular flexibility index (Phi) is 4.41. The molecule has 1 aromatic heterocycles. The quantitative estimate of drug-likeness (QED) is 0.838. The minimum atomic E-state index is 0.0274. The molecule has 2 fully saturated rings. The standard InChI is InChI=1S/C17H23N3O2/c1-13-4-5-15(12-18-13)17(22)20-10-6-14(7-11-20)16(21)19-8-2-3-9-19/h4-5,12,14H,2-3,6-11H2,1H3. The van der Waals surface area contributed by atoms with Crippen LogP contribution in [-0.4, -0.2) is 52.8 Å². The zero-order valence-electron chi connectivity index (χ0n) is 13.1. The lowest BCUT2D eigenvalue weighted by Crippen LogP contribution is -2.43. The molecule has 0 aliphatic carbocycles. The van der Waals surface area contributed by atoms with Gasteiger partial charge in [0.2, 0.25) is 5.91 Å². The van der Waals surface area contributed by atoms with E-state index in [9.17, 15) is 9.59 Å². The molecule has 0 spiro atoms. The van der Waals surface area contributed by atoms with Crippen LogP contribution >= 0.6 is 0 Å². The molecular formula is C17H23N3O2. The molecule has 5 heteroatoms. The second kappa shape index (κ2) is 6.46. The fourth-order valence-electron chi connectivity index (χ4n) is 3.30. The smallest absolute Gasteiger partial charge is 0.255 e. The number of nitrogens with zero attached hydrogens (tertiary/aromatic N) is 3. The van der Waals surface area contributed by atoms with Crippen LogP contribution in [-0.2, 0) is 4.79 Å². The van der Waals surface area contributed by atoms with E-state index in [2.05, 4.69) is 4.98 Å². The highest BCUT2D eigenvalue weighted by Crippen LogP contribution is 2.23. The van der Waals surface area contributed by atoms with Gasteiger partial charge >= 0.3 is 0 Å². The van der Waals surface area contributed by atoms with E-state index >= 15 is 0 Å². The Morgan fingerprint density at radius 3 is 2.32 bits per heavy atom. The number of likely N-dealkylation sites (tertiary alicyclic amines) is 2. The molecule has 0 atom stereocenters. The van der Waals surface area contributed by atoms with Crippen molar-refractivity contribution >= 4 is 11.8 Å². The molecule has 0 saturated carbocycles. The van der Waals surface area contributed by atoms with E-state index in [0.717, 1.165) is 44.5 Å². The summed E-state index contributed by atoms with van der Waals surface area (Å²) in [7, 11) is 0. The molecule has 1 aromatic rings. The van der Waals surface area contributed by atoms with E-state index in [1.165, 1.54) is 0 Å². The van der Waals surface area contributed by atoms with Crippen LogP contribution in [0.4, 0.5) is 0 Å². The predicted molar refractivity (Wildman–Crippen MR) is 83.4 cm³/mol. The van der Waals surface area contributed by atoms with Gasteiger partial charge in [-0.3, -0.25) is 14.6 Å². The molecule has 2 saturated heterocycles. The van der Waals surface area contributed by atoms with E-state index < -0.39 is 0 Å². The Hall–Kier alpha value is -1.91. The van der Waals surface area contributed by atoms with Crippen LogP contribution in [0.2, 0.25) is 0 Å². The first-order valence-electron chi connectivity index (χ1n) is 8.16. The van der Waals surface area contributed by atoms with Gasteiger partial charge in [0.15, 0.2) is 0 Å². The average molecular weight is 301 g/mol. The van der Waals surface area contributed by atoms with Gasteiger partial charge in [0.1, 0.15) is 0 Å². The SMILES string of the molecule is Cc1ccc(C(=O)N2CCC(C(=O)N3CCCC3)CC2)cn1. The van der Waals surface area contributed by atoms with E-state index in [1.54, 1.807) is 6.20 Å². The van der Waals surface area contributed by atoms with Gasteiger partial charge < -0.3 is 9.80 Å². The summed E-state index contributed by atoms with van der Waals surface area (Å²) in [6, 6.07) is 3.68. The summed E-state index contributed by atoms with van der Waals surface area (Å²) in [5, 5.41) is 0. The zero-order chi connectivity index (χ0) is 15.5. The van der Waals surface area contributed by atoms with Crippen LogP contribution in [0.3, 0.4) is 0 Å². The van der Waals surface area contributed by atoms with Gasteiger partial charge in [-0.1, -0.05) is 0 Å². The molecule has 2 aliphatic rings. The van der Waals surface area contributed by atoms with Crippen molar-refractivity contribution in [3.05, 3.63) is 29.6 Å². The lowest BCUT2D eigenvalue weighted by atomic mass is 9.95. The van der Waals surface area contributed by atoms with Crippen molar-refractivity contribution in [3.63, 3.8) is 0 Å². The van der Waals surface area contributed by atoms with Crippen LogP contribution < -0.4 is 0 Å². The lowest BCUT2D eigenvalue weighted by molar-refractivity contribution is -0.135. The highest BCUT2D eigenvalue weighted by molar-refractivity contribution is 5.94. The third-order valence-electron chi connectivity index (χ3n) is 4.71. The monoisotopic (exact) mass is 301 g/mol. The van der Waals surface area contributed by atoms with Gasteiger partial charge in [0, 0.05) is 44.0 Å². The van der Waals surface area contributed by atoms with Crippen LogP contribution in [0.25, 0.3) is 0 Å². The summed E-state index contributed by atoms with van der Waals surface area (Å²) in [5.41, 5.74) is 1.54. The van der Waals surface area contributed by atoms with Crippen molar-refractivity contribution in [3.8, 4) is 0 Å². The molecule has 0 radical (unpaired) electrons. The Balaban J connectivity index is 1.56. The molecule has 0 bridgehead atoms. The summed E-state index contributed by atoms with van der Waals surface area (Å²) >= 11 is 0. The Bertz CT molecular complexity index is 542. The summed E-state index contributed by atoms with van der Waals surface area (Å²) in [6.07, 6.45) is 5.45. The highest BCUT2D eigenvalue weighted by atomic mass is 16.2. The first-order chi connectivity index (χ1) is 10.6. The summed E-state index contributed by atoms with van der Waals surface area (Å²) < 4.78 is 0. The van der Waals surface area contributed by atoms with Crippen molar-refractivity contribution in [1.29, 1.82) is 0 Å². The number of aryl methyl sites for hydroxylation is 1. The Morgan fingerprint density at radius 2 is 1.73 bits per heavy atom. The minimum Gasteiger partial charge on any atom is -0.342 e. The van der Waals surface area contributed by atoms with Crippen LogP contribution in [0.1, 0.15) is 41.7 Å². The summed E-state index contributed by atoms with van der Waals surface area (Å²) in [6.45, 7) is 5.05. The van der Waals surface area contributed by atoms with E-state index in [0.29, 0.717) is 24.6 Å². The second-order valence-corrected chi connectivity index (χ2v) is 6.29. The van der Waals surface area contributed by atoms with E-state index in [1.807, 2.05) is 28.9 Å². The number of carbonyl (C=O) groups is 2. The molecule has 0 aromatic carbocycles. The number of amides is 2. The van der Waals surface area contributed by atoms with Crippen molar-refractivity contribution in [2.45, 2.75) is 32.6 Å². The lowest BCUT2D eigenvalue weighted by Gasteiger charge is -2.33. The van der Waals surface area contributed by atoms with Crippen molar-refractivity contribution in [2.75, 3.05) is 26.2 Å². The fourth-order valence-corrected chi connectivity index (χ4v) is 3.30. The van der Waals surface area contributed by atoms with Gasteiger partial charge in [0.05, 0.1) is 5.56 Å². The Morgan fingerprint density at radius 1 is 1.05 bits per heavy atom. The van der Waals surface area contributed by atoms with Gasteiger partial charge in [-0.2, -0.15) is 0 Å². The third kappa shape index (κ3) is 3.13. The first kappa shape index (κ1) is 15.0. The number of carbonyl (C=O) groups excluding carboxylic acids is 2. The fraction of sp³-hybridized carbons (Fsp3) is 0.588. The van der Waals surface area contributed by atoms with Gasteiger partial charge in [0.25, 0.3) is 5.91 Å². The number of rotatable bonds is 2. The molecule has 118 valence electrons. The van der Waals surface area contributed by atoms with Crippen molar-refractivity contribution < 1.29 is 9.59 Å². The summed E-state index contributed by atoms with van der Waals surface area (Å²) in [4.78, 5) is 32.9. The molecule has 0 unspecified atom stereocenters. The maximum atomic E-state index is 12.4. The third-order valence-corrected chi connectivity index (χ3v) is 4.71. The molecule has 3 heterocycles. The normalized spacial score (nSPS) is 19.5. The molecule has 22 heavy (non-hydrogen) atoms. The second-order valence-electron chi connectivity index (χ2n) is 6.29. The largest absolute Gasteiger partial charge is 0.342 e. The van der Waals surface area contributed by atoms with Crippen molar-refractivity contribution in [2.24, 2.45) is 5.92 Å². The van der Waals surface area contributed by atoms with Gasteiger partial charge in [-0.05, 0) is 44.7 Å². The summed E-state index contributed by atoms with van der Waals surface area (Å²) in [5.74, 6) is 0.416. The minimum absolute atomic E-state index is 0.0274. The highest BCUT2D eigenvalue weighted by Gasteiger charge is 2.31. The first-order valence-corrected chi connectivity index (χ1v) is 8.16. The molecule has 2 amide bonds. The number of piperidine rings is 1. The van der Waals surface area contributed by atoms with Gasteiger partial charge in [-0.15, -0.1) is 0 Å². The van der Waals surface area contributed by atoms with Crippen molar-refractivity contribution in [1.82, 2.24) is 14.8 Å². The molecular weight excluding hydrogens is 278 g/mol. The molecule has 2 aliphatic heterocycles. The van der Waals surface area contributed by atoms with Crippen LogP contribution in [0.5, 0.6) is 0 Å². The number of pyridine rings is 1. The number of hydrogen-bond donors (Lipinski definition) is 0. The van der Waals surface area contributed by atoms with E-state index in [4.69, 9.17) is 0 Å². The zero-order valence-corrected chi connectivity index (χ0v) is 13.1. The van der Waals surface area contributed by atoms with Crippen LogP contribution in [0, 0.1) is 12.8 Å². The maximum Gasteiger partial charge on any atom is 0.255 e. The Labute approximate surface area is 131 Å². The van der Waals surface area contributed by atoms with Gasteiger partial charge in [-0.25, -0.2) is 0 Å². The number of hydrogen-bond acceptors (Lipinski definition) is 3. The molecule has 5 nitrogen and oxygen atoms in total. The molecule has 3 rings (SSSR count). The number of aromatic nitrogens is 1.